The summed E-state index contributed by atoms with van der Waals surface area (Å²) in [5.41, 5.74) is 2.99. The van der Waals surface area contributed by atoms with Crippen molar-refractivity contribution in [2.45, 2.75) is 38.1 Å². The zero-order chi connectivity index (χ0) is 31.6. The monoisotopic (exact) mass is 635 g/mol. The number of aromatic nitrogens is 2. The normalized spacial score (nSPS) is 14.4. The van der Waals surface area contributed by atoms with Crippen LogP contribution in [0.15, 0.2) is 82.9 Å². The van der Waals surface area contributed by atoms with E-state index in [0.717, 1.165) is 15.4 Å². The number of nitrogens with zero attached hydrogens (tertiary/aromatic N) is 4. The average Bonchev–Trinajstić information content (AvgIpc) is 3.31. The number of imidazole rings is 1. The minimum Gasteiger partial charge on any atom is -0.491 e. The number of para-hydroxylation sites is 2. The molecule has 228 valence electrons. The predicted octanol–water partition coefficient (Wildman–Crippen LogP) is 5.08. The topological polar surface area (TPSA) is 143 Å². The van der Waals surface area contributed by atoms with Gasteiger partial charge in [0.15, 0.2) is 11.9 Å². The Bertz CT molecular complexity index is 1890. The van der Waals surface area contributed by atoms with Gasteiger partial charge in [-0.05, 0) is 56.7 Å². The Hall–Kier alpha value is -4.68. The van der Waals surface area contributed by atoms with Crippen LogP contribution in [0.5, 0.6) is 5.75 Å². The van der Waals surface area contributed by atoms with Crippen LogP contribution in [0, 0.1) is 20.8 Å². The van der Waals surface area contributed by atoms with Crippen molar-refractivity contribution in [2.75, 3.05) is 18.5 Å². The molecule has 1 aliphatic rings. The largest absolute Gasteiger partial charge is 0.491 e. The van der Waals surface area contributed by atoms with Gasteiger partial charge in [0.05, 0.1) is 41.4 Å². The predicted molar refractivity (Wildman–Crippen MR) is 166 cm³/mol. The number of ether oxygens (including phenoxy) is 1. The van der Waals surface area contributed by atoms with Crippen molar-refractivity contribution >= 4 is 50.7 Å². The number of hydrogen-bond donors (Lipinski definition) is 2. The van der Waals surface area contributed by atoms with Crippen LogP contribution in [0.2, 0.25) is 5.02 Å². The molecule has 5 rings (SSSR count). The standard InChI is InChI=1S/C31H30ClN5O6S/c1-19-12-13-26(20(2)16-19)43-15-14-37-30(34-24-10-6-7-11-27(24)44(37,41)42)29(31(40)35-23-9-5-4-8-22(23)32)36-18-33-25(21(36)3)17-28(38)39/h4-13,16,18,29H,14-15,17H2,1-3H3,(H,35,40)(H,38,39). The summed E-state index contributed by atoms with van der Waals surface area (Å²) in [5, 5.41) is 12.5. The molecule has 3 aromatic carbocycles. The van der Waals surface area contributed by atoms with E-state index in [-0.39, 0.29) is 40.3 Å². The van der Waals surface area contributed by atoms with Crippen LogP contribution in [0.25, 0.3) is 0 Å². The maximum atomic E-state index is 14.1. The minimum absolute atomic E-state index is 0.0190. The van der Waals surface area contributed by atoms with E-state index in [0.29, 0.717) is 17.1 Å². The number of aliphatic carboxylic acids is 1. The highest BCUT2D eigenvalue weighted by molar-refractivity contribution is 7.90. The van der Waals surface area contributed by atoms with E-state index < -0.39 is 34.4 Å². The van der Waals surface area contributed by atoms with Crippen LogP contribution in [0.1, 0.15) is 28.6 Å². The number of sulfonamides is 1. The first-order valence-corrected chi connectivity index (χ1v) is 15.5. The van der Waals surface area contributed by atoms with Gasteiger partial charge in [0.2, 0.25) is 0 Å². The summed E-state index contributed by atoms with van der Waals surface area (Å²) in [6.07, 6.45) is 0.920. The number of rotatable bonds is 10. The number of amides is 1. The molecule has 1 unspecified atom stereocenters. The first kappa shape index (κ1) is 30.8. The number of aryl methyl sites for hydroxylation is 2. The zero-order valence-corrected chi connectivity index (χ0v) is 25.8. The third-order valence-electron chi connectivity index (χ3n) is 7.17. The lowest BCUT2D eigenvalue weighted by atomic mass is 10.1. The van der Waals surface area contributed by atoms with E-state index in [1.807, 2.05) is 32.0 Å². The highest BCUT2D eigenvalue weighted by Crippen LogP contribution is 2.36. The van der Waals surface area contributed by atoms with Gasteiger partial charge >= 0.3 is 5.97 Å². The molecule has 11 nitrogen and oxygen atoms in total. The summed E-state index contributed by atoms with van der Waals surface area (Å²) in [6, 6.07) is 17.2. The van der Waals surface area contributed by atoms with Crippen LogP contribution < -0.4 is 10.1 Å². The maximum Gasteiger partial charge on any atom is 0.309 e. The average molecular weight is 636 g/mol. The lowest BCUT2D eigenvalue weighted by Gasteiger charge is -2.34. The molecule has 44 heavy (non-hydrogen) atoms. The molecule has 1 aromatic heterocycles. The van der Waals surface area contributed by atoms with Crippen molar-refractivity contribution in [2.24, 2.45) is 4.99 Å². The lowest BCUT2D eigenvalue weighted by molar-refractivity contribution is -0.136. The fraction of sp³-hybridized carbons (Fsp3) is 0.226. The molecule has 0 aliphatic carbocycles. The molecule has 1 amide bonds. The second kappa shape index (κ2) is 12.5. The van der Waals surface area contributed by atoms with E-state index in [1.165, 1.54) is 17.0 Å². The van der Waals surface area contributed by atoms with E-state index in [9.17, 15) is 23.1 Å². The Morgan fingerprint density at radius 1 is 1.05 bits per heavy atom. The van der Waals surface area contributed by atoms with E-state index in [2.05, 4.69) is 10.3 Å². The Balaban J connectivity index is 1.61. The van der Waals surface area contributed by atoms with E-state index in [1.54, 1.807) is 49.4 Å². The summed E-state index contributed by atoms with van der Waals surface area (Å²) in [4.78, 5) is 34.5. The highest BCUT2D eigenvalue weighted by atomic mass is 35.5. The fourth-order valence-corrected chi connectivity index (χ4v) is 6.74. The second-order valence-electron chi connectivity index (χ2n) is 10.3. The Labute approximate surface area is 259 Å². The number of aliphatic imine (C=N–C) groups is 1. The number of amidine groups is 1. The van der Waals surface area contributed by atoms with Gasteiger partial charge in [-0.1, -0.05) is 53.6 Å². The lowest BCUT2D eigenvalue weighted by Crippen LogP contribution is -2.48. The molecule has 2 heterocycles. The summed E-state index contributed by atoms with van der Waals surface area (Å²) in [6.45, 7) is 5.25. The third kappa shape index (κ3) is 6.17. The molecule has 1 aliphatic heterocycles. The molecule has 0 saturated carbocycles. The Morgan fingerprint density at radius 3 is 2.50 bits per heavy atom. The Morgan fingerprint density at radius 2 is 1.77 bits per heavy atom. The molecule has 0 radical (unpaired) electrons. The van der Waals surface area contributed by atoms with Crippen LogP contribution in [-0.4, -0.2) is 58.2 Å². The Kier molecular flexibility index (Phi) is 8.75. The van der Waals surface area contributed by atoms with Gasteiger partial charge in [-0.25, -0.2) is 22.7 Å². The van der Waals surface area contributed by atoms with Crippen LogP contribution in [-0.2, 0) is 26.0 Å². The SMILES string of the molecule is Cc1ccc(OCCN2C(C(C(=O)Nc3ccccc3Cl)n3cnc(CC(=O)O)c3C)=Nc3ccccc3S2(=O)=O)c(C)c1. The molecular formula is C31H30ClN5O6S. The third-order valence-corrected chi connectivity index (χ3v) is 9.35. The number of hydrogen-bond acceptors (Lipinski definition) is 7. The minimum atomic E-state index is -4.21. The number of nitrogens with one attached hydrogen (secondary N) is 1. The number of halogens is 1. The van der Waals surface area contributed by atoms with Crippen LogP contribution >= 0.6 is 11.6 Å². The van der Waals surface area contributed by atoms with Crippen molar-refractivity contribution in [1.82, 2.24) is 13.9 Å². The van der Waals surface area contributed by atoms with Crippen molar-refractivity contribution in [3.8, 4) is 5.75 Å². The van der Waals surface area contributed by atoms with Gasteiger partial charge in [-0.15, -0.1) is 0 Å². The molecular weight excluding hydrogens is 606 g/mol. The molecule has 0 spiro atoms. The second-order valence-corrected chi connectivity index (χ2v) is 12.5. The first-order valence-electron chi connectivity index (χ1n) is 13.7. The van der Waals surface area contributed by atoms with Gasteiger partial charge in [-0.2, -0.15) is 0 Å². The van der Waals surface area contributed by atoms with Crippen molar-refractivity contribution < 1.29 is 27.9 Å². The number of carbonyl (C=O) groups is 2. The number of anilines is 1. The van der Waals surface area contributed by atoms with Crippen LogP contribution in [0.3, 0.4) is 0 Å². The smallest absolute Gasteiger partial charge is 0.309 e. The first-order chi connectivity index (χ1) is 21.0. The van der Waals surface area contributed by atoms with Gasteiger partial charge in [0, 0.05) is 5.69 Å². The number of fused-ring (bicyclic) bond motifs is 1. The summed E-state index contributed by atoms with van der Waals surface area (Å²) in [5.74, 6) is -1.28. The summed E-state index contributed by atoms with van der Waals surface area (Å²) < 4.78 is 36.7. The highest BCUT2D eigenvalue weighted by Gasteiger charge is 2.41. The molecule has 1 atom stereocenters. The zero-order valence-electron chi connectivity index (χ0n) is 24.2. The van der Waals surface area contributed by atoms with E-state index >= 15 is 0 Å². The molecule has 0 fully saturated rings. The number of carboxylic acid groups (broad SMARTS) is 1. The van der Waals surface area contributed by atoms with Gasteiger partial charge in [0.1, 0.15) is 17.3 Å². The number of carbonyl (C=O) groups excluding carboxylic acids is 1. The van der Waals surface area contributed by atoms with Crippen LogP contribution in [0.4, 0.5) is 11.4 Å². The van der Waals surface area contributed by atoms with Crippen molar-refractivity contribution in [3.63, 3.8) is 0 Å². The van der Waals surface area contributed by atoms with Gasteiger partial charge in [-0.3, -0.25) is 9.59 Å². The molecule has 0 saturated heterocycles. The van der Waals surface area contributed by atoms with Gasteiger partial charge < -0.3 is 19.7 Å². The number of carboxylic acids is 1. The van der Waals surface area contributed by atoms with Gasteiger partial charge in [0.25, 0.3) is 15.9 Å². The quantitative estimate of drug-likeness (QED) is 0.247. The molecule has 4 aromatic rings. The van der Waals surface area contributed by atoms with Crippen molar-refractivity contribution in [1.29, 1.82) is 0 Å². The maximum absolute atomic E-state index is 14.1. The molecule has 0 bridgehead atoms. The van der Waals surface area contributed by atoms with Crippen molar-refractivity contribution in [3.05, 3.63) is 101 Å². The molecule has 13 heteroatoms. The summed E-state index contributed by atoms with van der Waals surface area (Å²) in [7, 11) is -4.21. The summed E-state index contributed by atoms with van der Waals surface area (Å²) >= 11 is 6.34. The number of benzene rings is 3. The van der Waals surface area contributed by atoms with E-state index in [4.69, 9.17) is 21.3 Å². The fourth-order valence-electron chi connectivity index (χ4n) is 4.99. The molecule has 2 N–H and O–H groups in total.